The first kappa shape index (κ1) is 23.0. The Labute approximate surface area is 210 Å². The van der Waals surface area contributed by atoms with E-state index in [1.807, 2.05) is 37.3 Å². The van der Waals surface area contributed by atoms with E-state index >= 15 is 0 Å². The first-order chi connectivity index (χ1) is 16.4. The van der Waals surface area contributed by atoms with Crippen LogP contribution < -0.4 is 21.6 Å². The van der Waals surface area contributed by atoms with E-state index in [0.29, 0.717) is 29.7 Å². The lowest BCUT2D eigenvalue weighted by atomic mass is 9.98. The minimum atomic E-state index is -0.742. The molecule has 2 heterocycles. The Kier molecular flexibility index (Phi) is 6.44. The van der Waals surface area contributed by atoms with Crippen LogP contribution in [0.15, 0.2) is 57.7 Å². The maximum atomic E-state index is 13.3. The van der Waals surface area contributed by atoms with Crippen LogP contribution in [0.5, 0.6) is 0 Å². The van der Waals surface area contributed by atoms with Crippen LogP contribution in [0, 0.1) is 16.4 Å². The Morgan fingerprint density at radius 3 is 2.65 bits per heavy atom. The van der Waals surface area contributed by atoms with Crippen molar-refractivity contribution < 1.29 is 14.0 Å². The summed E-state index contributed by atoms with van der Waals surface area (Å²) in [7, 11) is 0. The van der Waals surface area contributed by atoms with Crippen LogP contribution in [0.2, 0.25) is 0 Å². The van der Waals surface area contributed by atoms with Crippen LogP contribution in [0.25, 0.3) is 11.0 Å². The quantitative estimate of drug-likeness (QED) is 0.311. The minimum absolute atomic E-state index is 0.127. The van der Waals surface area contributed by atoms with Gasteiger partial charge in [0.15, 0.2) is 0 Å². The molecule has 7 nitrogen and oxygen atoms in total. The third-order valence-electron chi connectivity index (χ3n) is 6.85. The molecular weight excluding hydrogens is 545 g/mol. The smallest absolute Gasteiger partial charge is 0.336 e. The lowest BCUT2D eigenvalue weighted by molar-refractivity contribution is -0.128. The molecule has 1 aromatic heterocycles. The van der Waals surface area contributed by atoms with Crippen LogP contribution in [-0.2, 0) is 16.0 Å². The number of halogens is 1. The topological polar surface area (TPSA) is 100 Å². The number of anilines is 1. The predicted octanol–water partition coefficient (Wildman–Crippen LogP) is 3.51. The summed E-state index contributed by atoms with van der Waals surface area (Å²) in [6.45, 7) is 1.84. The van der Waals surface area contributed by atoms with Crippen molar-refractivity contribution in [3.05, 3.63) is 73.6 Å². The van der Waals surface area contributed by atoms with Crippen LogP contribution >= 0.6 is 22.6 Å². The Bertz CT molecular complexity index is 1300. The minimum Gasteiger partial charge on any atom is -0.423 e. The maximum Gasteiger partial charge on any atom is 0.336 e. The highest BCUT2D eigenvalue weighted by atomic mass is 127. The fraction of sp³-hybridized carbons (Fsp3) is 0.346. The van der Waals surface area contributed by atoms with E-state index in [2.05, 4.69) is 38.5 Å². The molecule has 4 atom stereocenters. The van der Waals surface area contributed by atoms with Gasteiger partial charge in [0.2, 0.25) is 11.8 Å². The molecule has 2 aromatic carbocycles. The first-order valence-corrected chi connectivity index (χ1v) is 12.6. The second-order valence-electron chi connectivity index (χ2n) is 9.25. The Morgan fingerprint density at radius 1 is 1.15 bits per heavy atom. The highest BCUT2D eigenvalue weighted by molar-refractivity contribution is 14.1. The van der Waals surface area contributed by atoms with E-state index in [9.17, 15) is 14.4 Å². The van der Waals surface area contributed by atoms with Crippen LogP contribution in [-0.4, -0.2) is 29.9 Å². The van der Waals surface area contributed by atoms with Gasteiger partial charge >= 0.3 is 5.63 Å². The number of carbonyl (C=O) groups is 2. The highest BCUT2D eigenvalue weighted by Crippen LogP contribution is 2.35. The summed E-state index contributed by atoms with van der Waals surface area (Å²) in [6, 6.07) is 14.0. The molecule has 2 amide bonds. The summed E-state index contributed by atoms with van der Waals surface area (Å²) in [4.78, 5) is 38.2. The molecule has 1 aliphatic carbocycles. The maximum absolute atomic E-state index is 13.3. The number of fused-ring (bicyclic) bond motifs is 3. The Morgan fingerprint density at radius 2 is 1.94 bits per heavy atom. The molecule has 34 heavy (non-hydrogen) atoms. The van der Waals surface area contributed by atoms with Crippen molar-refractivity contribution in [2.45, 2.75) is 50.7 Å². The number of rotatable bonds is 6. The number of amides is 2. The number of carbonyl (C=O) groups excluding carboxylic acids is 2. The van der Waals surface area contributed by atoms with Crippen molar-refractivity contribution in [3.63, 3.8) is 0 Å². The molecule has 0 radical (unpaired) electrons. The zero-order chi connectivity index (χ0) is 23.8. The molecule has 0 spiro atoms. The van der Waals surface area contributed by atoms with Gasteiger partial charge in [-0.05, 0) is 90.1 Å². The largest absolute Gasteiger partial charge is 0.423 e. The second kappa shape index (κ2) is 9.50. The number of piperidine rings is 1. The number of aryl methyl sites for hydroxylation is 1. The van der Waals surface area contributed by atoms with Gasteiger partial charge in [0, 0.05) is 39.2 Å². The van der Waals surface area contributed by atoms with E-state index in [1.165, 1.54) is 6.07 Å². The van der Waals surface area contributed by atoms with Crippen molar-refractivity contribution in [2.24, 2.45) is 5.92 Å². The molecule has 1 saturated heterocycles. The number of hydrogen-bond donors (Lipinski definition) is 3. The van der Waals surface area contributed by atoms with Crippen LogP contribution in [0.3, 0.4) is 0 Å². The number of nitrogens with one attached hydrogen (secondary N) is 3. The van der Waals surface area contributed by atoms with Gasteiger partial charge in [0.1, 0.15) is 11.6 Å². The first-order valence-electron chi connectivity index (χ1n) is 11.5. The van der Waals surface area contributed by atoms with Gasteiger partial charge in [-0.1, -0.05) is 12.1 Å². The lowest BCUT2D eigenvalue weighted by Crippen LogP contribution is -2.53. The predicted molar refractivity (Wildman–Crippen MR) is 139 cm³/mol. The molecule has 3 N–H and O–H groups in total. The monoisotopic (exact) mass is 571 g/mol. The fourth-order valence-corrected chi connectivity index (χ4v) is 5.47. The van der Waals surface area contributed by atoms with Gasteiger partial charge in [-0.2, -0.15) is 0 Å². The zero-order valence-electron chi connectivity index (χ0n) is 18.8. The van der Waals surface area contributed by atoms with Crippen LogP contribution in [0.1, 0.15) is 30.4 Å². The van der Waals surface area contributed by atoms with Crippen LogP contribution in [0.4, 0.5) is 5.69 Å². The number of hydrogen-bond acceptors (Lipinski definition) is 5. The van der Waals surface area contributed by atoms with E-state index < -0.39 is 11.7 Å². The van der Waals surface area contributed by atoms with Gasteiger partial charge in [-0.15, -0.1) is 0 Å². The normalized spacial score (nSPS) is 22.0. The van der Waals surface area contributed by atoms with E-state index in [4.69, 9.17) is 4.42 Å². The average molecular weight is 571 g/mol. The van der Waals surface area contributed by atoms with Gasteiger partial charge in [0.25, 0.3) is 0 Å². The average Bonchev–Trinajstić information content (AvgIpc) is 3.43. The van der Waals surface area contributed by atoms with Crippen molar-refractivity contribution in [1.29, 1.82) is 0 Å². The summed E-state index contributed by atoms with van der Waals surface area (Å²) in [5.74, 6) is -0.110. The van der Waals surface area contributed by atoms with E-state index in [1.54, 1.807) is 12.1 Å². The summed E-state index contributed by atoms with van der Waals surface area (Å²) in [5, 5.41) is 10.1. The van der Waals surface area contributed by atoms with E-state index in [0.717, 1.165) is 39.3 Å². The third kappa shape index (κ3) is 4.88. The molecule has 2 bridgehead atoms. The summed E-state index contributed by atoms with van der Waals surface area (Å²) in [5.41, 5.74) is 2.25. The molecule has 5 rings (SSSR count). The zero-order valence-corrected chi connectivity index (χ0v) is 20.9. The summed E-state index contributed by atoms with van der Waals surface area (Å²) < 4.78 is 6.41. The van der Waals surface area contributed by atoms with Gasteiger partial charge in [-0.3, -0.25) is 9.59 Å². The molecule has 1 saturated carbocycles. The van der Waals surface area contributed by atoms with Gasteiger partial charge < -0.3 is 20.4 Å². The standard InChI is InChI=1S/C26H26IN3O4/c1-14-10-23(31)34-22-13-19(8-9-20(14)22)29-25(32)21(11-15-2-5-17(27)6-3-15)30-26(33)24-16-4-7-18(12-16)28-24/h2-3,5-6,8-10,13,16,18,21,24,28H,4,7,11-12H2,1H3,(H,29,32)(H,30,33)/t16-,18+,21-,24-/m0/s1. The third-order valence-corrected chi connectivity index (χ3v) is 7.57. The van der Waals surface area contributed by atoms with Crippen molar-refractivity contribution >= 4 is 51.1 Å². The van der Waals surface area contributed by atoms with Crippen molar-refractivity contribution in [1.82, 2.24) is 10.6 Å². The van der Waals surface area contributed by atoms with Gasteiger partial charge in [0.05, 0.1) is 6.04 Å². The van der Waals surface area contributed by atoms with Crippen molar-refractivity contribution in [2.75, 3.05) is 5.32 Å². The Hall–Kier alpha value is -2.72. The summed E-state index contributed by atoms with van der Waals surface area (Å²) in [6.07, 6.45) is 3.55. The molecule has 1 aliphatic heterocycles. The molecule has 176 valence electrons. The number of benzene rings is 2. The second-order valence-corrected chi connectivity index (χ2v) is 10.5. The molecule has 8 heteroatoms. The Balaban J connectivity index is 1.36. The molecule has 3 aromatic rings. The molecular formula is C26H26IN3O4. The lowest BCUT2D eigenvalue weighted by Gasteiger charge is -2.25. The van der Waals surface area contributed by atoms with E-state index in [-0.39, 0.29) is 17.9 Å². The molecule has 2 aliphatic rings. The fourth-order valence-electron chi connectivity index (χ4n) is 5.11. The molecule has 0 unspecified atom stereocenters. The molecule has 2 fully saturated rings. The van der Waals surface area contributed by atoms with Crippen molar-refractivity contribution in [3.8, 4) is 0 Å². The SMILES string of the molecule is Cc1cc(=O)oc2cc(NC(=O)[C@H](Cc3ccc(I)cc3)NC(=O)[C@H]3N[C@@H]4CC[C@H]3C4)ccc12. The van der Waals surface area contributed by atoms with Gasteiger partial charge in [-0.25, -0.2) is 4.79 Å². The highest BCUT2D eigenvalue weighted by Gasteiger charge is 2.43. The summed E-state index contributed by atoms with van der Waals surface area (Å²) >= 11 is 2.24.